The van der Waals surface area contributed by atoms with Gasteiger partial charge in [0.1, 0.15) is 0 Å². The van der Waals surface area contributed by atoms with E-state index in [-0.39, 0.29) is 0 Å². The Bertz CT molecular complexity index is 3910. The zero-order valence-corrected chi connectivity index (χ0v) is 37.8. The fourth-order valence-corrected chi connectivity index (χ4v) is 11.3. The minimum absolute atomic E-state index is 0.957. The first-order chi connectivity index (χ1) is 33.7. The Morgan fingerprint density at radius 3 is 1.53 bits per heavy atom. The van der Waals surface area contributed by atoms with Gasteiger partial charge in [-0.1, -0.05) is 182 Å². The summed E-state index contributed by atoms with van der Waals surface area (Å²) < 4.78 is 0. The second kappa shape index (κ2) is 16.8. The molecule has 2 aliphatic carbocycles. The standard InChI is InChI=1S/C66H48N2/c1-3-26-51(27-4-1)67(63-34-16-24-47-20-10-13-31-56(47)63)53-39-41-60-61(43-53)65(50-37-36-45-18-7-8-22-49(45)42-50)59-40-38-54(44-62(59)66(60)58-33-15-23-46-19-9-12-30-55(46)58)68(52-28-5-2-6-29-52)64-35-17-25-48-21-11-14-32-57(48)64/h1-14,16-32,34-35,38-44H,15,33,36-37H2. The molecule has 11 aromatic rings. The van der Waals surface area contributed by atoms with Crippen molar-refractivity contribution in [1.29, 1.82) is 0 Å². The Balaban J connectivity index is 1.16. The van der Waals surface area contributed by atoms with E-state index in [1.54, 1.807) is 0 Å². The second-order valence-corrected chi connectivity index (χ2v) is 18.2. The number of hydrogen-bond acceptors (Lipinski definition) is 2. The number of fused-ring (bicyclic) bond motifs is 6. The number of para-hydroxylation sites is 2. The molecular formula is C66H48N2. The molecule has 322 valence electrons. The lowest BCUT2D eigenvalue weighted by Crippen LogP contribution is -2.29. The fourth-order valence-electron chi connectivity index (χ4n) is 11.3. The molecule has 0 N–H and O–H groups in total. The predicted molar refractivity (Wildman–Crippen MR) is 290 cm³/mol. The van der Waals surface area contributed by atoms with Crippen LogP contribution in [0.3, 0.4) is 0 Å². The van der Waals surface area contributed by atoms with Gasteiger partial charge < -0.3 is 9.80 Å². The summed E-state index contributed by atoms with van der Waals surface area (Å²) in [6, 6.07) is 85.3. The van der Waals surface area contributed by atoms with Crippen molar-refractivity contribution < 1.29 is 0 Å². The number of rotatable bonds is 8. The SMILES string of the molecule is C1=C(c2c3cc(N(c4ccccc4)c4cccc5ccccc45)ccc3c(C3=c4ccccc4=CCC3)c3cc(N(c4ccccc4)c4cccc5ccccc45)ccc23)CCc2ccccc21. The van der Waals surface area contributed by atoms with E-state index in [9.17, 15) is 0 Å². The van der Waals surface area contributed by atoms with Gasteiger partial charge in [0, 0.05) is 33.5 Å². The van der Waals surface area contributed by atoms with Crippen LogP contribution in [0.5, 0.6) is 0 Å². The van der Waals surface area contributed by atoms with Crippen LogP contribution >= 0.6 is 0 Å². The van der Waals surface area contributed by atoms with Crippen molar-refractivity contribution in [2.24, 2.45) is 0 Å². The van der Waals surface area contributed by atoms with Gasteiger partial charge in [-0.2, -0.15) is 0 Å². The average Bonchev–Trinajstić information content (AvgIpc) is 3.41. The normalized spacial score (nSPS) is 13.2. The monoisotopic (exact) mass is 868 g/mol. The molecule has 0 fully saturated rings. The molecule has 0 aliphatic heterocycles. The van der Waals surface area contributed by atoms with Gasteiger partial charge in [-0.15, -0.1) is 0 Å². The lowest BCUT2D eigenvalue weighted by Gasteiger charge is -2.30. The smallest absolute Gasteiger partial charge is 0.0540 e. The number of benzene rings is 11. The van der Waals surface area contributed by atoms with Gasteiger partial charge in [-0.3, -0.25) is 0 Å². The Hall–Kier alpha value is -8.46. The highest BCUT2D eigenvalue weighted by Crippen LogP contribution is 2.49. The third kappa shape index (κ3) is 6.79. The number of hydrogen-bond donors (Lipinski definition) is 0. The third-order valence-electron chi connectivity index (χ3n) is 14.4. The molecule has 2 heteroatoms. The van der Waals surface area contributed by atoms with Crippen LogP contribution in [0.1, 0.15) is 41.5 Å². The topological polar surface area (TPSA) is 6.48 Å². The van der Waals surface area contributed by atoms with Gasteiger partial charge >= 0.3 is 0 Å². The van der Waals surface area contributed by atoms with Crippen molar-refractivity contribution >= 4 is 101 Å². The predicted octanol–water partition coefficient (Wildman–Crippen LogP) is 16.5. The molecule has 0 amide bonds. The summed E-state index contributed by atoms with van der Waals surface area (Å²) in [6.07, 6.45) is 8.81. The summed E-state index contributed by atoms with van der Waals surface area (Å²) in [4.78, 5) is 4.92. The zero-order valence-electron chi connectivity index (χ0n) is 37.8. The largest absolute Gasteiger partial charge is 0.310 e. The van der Waals surface area contributed by atoms with Crippen LogP contribution in [0, 0.1) is 0 Å². The van der Waals surface area contributed by atoms with Gasteiger partial charge in [-0.05, 0) is 163 Å². The van der Waals surface area contributed by atoms with Crippen LogP contribution in [0.15, 0.2) is 231 Å². The lowest BCUT2D eigenvalue weighted by molar-refractivity contribution is 1.00. The third-order valence-corrected chi connectivity index (χ3v) is 14.4. The van der Waals surface area contributed by atoms with Crippen LogP contribution in [0.2, 0.25) is 0 Å². The van der Waals surface area contributed by atoms with Gasteiger partial charge in [0.15, 0.2) is 0 Å². The summed E-state index contributed by atoms with van der Waals surface area (Å²) in [5.74, 6) is 0. The Morgan fingerprint density at radius 1 is 0.338 bits per heavy atom. The van der Waals surface area contributed by atoms with E-state index in [4.69, 9.17) is 0 Å². The molecule has 0 atom stereocenters. The molecule has 2 aliphatic rings. The first-order valence-corrected chi connectivity index (χ1v) is 24.0. The highest BCUT2D eigenvalue weighted by molar-refractivity contribution is 6.19. The maximum atomic E-state index is 2.51. The fraction of sp³-hybridized carbons (Fsp3) is 0.0606. The first-order valence-electron chi connectivity index (χ1n) is 24.0. The van der Waals surface area contributed by atoms with E-state index < -0.39 is 0 Å². The van der Waals surface area contributed by atoms with E-state index in [1.165, 1.54) is 86.9 Å². The van der Waals surface area contributed by atoms with Gasteiger partial charge in [-0.25, -0.2) is 0 Å². The van der Waals surface area contributed by atoms with Crippen molar-refractivity contribution in [3.05, 3.63) is 263 Å². The Morgan fingerprint density at radius 2 is 0.868 bits per heavy atom. The summed E-state index contributed by atoms with van der Waals surface area (Å²) in [6.45, 7) is 0. The maximum Gasteiger partial charge on any atom is 0.0540 e. The summed E-state index contributed by atoms with van der Waals surface area (Å²) >= 11 is 0. The summed E-state index contributed by atoms with van der Waals surface area (Å²) in [7, 11) is 0. The van der Waals surface area contributed by atoms with Crippen molar-refractivity contribution in [3.63, 3.8) is 0 Å². The summed E-state index contributed by atoms with van der Waals surface area (Å²) in [5, 5.41) is 12.6. The number of nitrogens with zero attached hydrogens (tertiary/aromatic N) is 2. The van der Waals surface area contributed by atoms with Gasteiger partial charge in [0.05, 0.1) is 11.4 Å². The highest BCUT2D eigenvalue weighted by Gasteiger charge is 2.26. The minimum Gasteiger partial charge on any atom is -0.310 e. The second-order valence-electron chi connectivity index (χ2n) is 18.2. The molecule has 13 rings (SSSR count). The molecule has 0 bridgehead atoms. The van der Waals surface area contributed by atoms with Crippen LogP contribution < -0.4 is 20.2 Å². The van der Waals surface area contributed by atoms with Crippen LogP contribution in [-0.2, 0) is 6.42 Å². The minimum atomic E-state index is 0.957. The van der Waals surface area contributed by atoms with E-state index in [2.05, 4.69) is 252 Å². The lowest BCUT2D eigenvalue weighted by atomic mass is 9.80. The Labute approximate surface area is 397 Å². The molecule has 0 unspecified atom stereocenters. The van der Waals surface area contributed by atoms with Crippen molar-refractivity contribution in [2.75, 3.05) is 9.80 Å². The van der Waals surface area contributed by atoms with Crippen molar-refractivity contribution in [3.8, 4) is 0 Å². The van der Waals surface area contributed by atoms with E-state index >= 15 is 0 Å². The van der Waals surface area contributed by atoms with Crippen LogP contribution in [0.4, 0.5) is 34.1 Å². The first kappa shape index (κ1) is 39.9. The molecule has 0 saturated carbocycles. The average molecular weight is 869 g/mol. The number of anilines is 6. The molecule has 0 radical (unpaired) electrons. The van der Waals surface area contributed by atoms with Crippen molar-refractivity contribution in [1.82, 2.24) is 0 Å². The molecule has 0 heterocycles. The van der Waals surface area contributed by atoms with E-state index in [0.29, 0.717) is 0 Å². The van der Waals surface area contributed by atoms with Gasteiger partial charge in [0.25, 0.3) is 0 Å². The number of allylic oxidation sites excluding steroid dienone is 1. The zero-order chi connectivity index (χ0) is 45.0. The molecular weight excluding hydrogens is 821 g/mol. The highest BCUT2D eigenvalue weighted by atomic mass is 15.1. The van der Waals surface area contributed by atoms with Crippen LogP contribution in [-0.4, -0.2) is 0 Å². The maximum absolute atomic E-state index is 2.51. The van der Waals surface area contributed by atoms with Crippen molar-refractivity contribution in [2.45, 2.75) is 25.7 Å². The molecule has 0 saturated heterocycles. The summed E-state index contributed by atoms with van der Waals surface area (Å²) in [5.41, 5.74) is 15.0. The van der Waals surface area contributed by atoms with E-state index in [1.807, 2.05) is 0 Å². The molecule has 0 spiro atoms. The van der Waals surface area contributed by atoms with Crippen LogP contribution in [0.25, 0.3) is 66.4 Å². The molecule has 68 heavy (non-hydrogen) atoms. The quantitative estimate of drug-likeness (QED) is 0.140. The Kier molecular flexibility index (Phi) is 9.83. The molecule has 11 aromatic carbocycles. The van der Waals surface area contributed by atoms with Gasteiger partial charge in [0.2, 0.25) is 0 Å². The number of aryl methyl sites for hydroxylation is 1. The van der Waals surface area contributed by atoms with E-state index in [0.717, 1.165) is 59.8 Å². The molecule has 2 nitrogen and oxygen atoms in total. The molecule has 0 aromatic heterocycles.